The minimum absolute atomic E-state index is 0.0113. The number of carbonyl (C=O) groups is 1. The fourth-order valence-electron chi connectivity index (χ4n) is 6.84. The molecule has 0 aromatic heterocycles. The lowest BCUT2D eigenvalue weighted by molar-refractivity contribution is -0.145. The van der Waals surface area contributed by atoms with Crippen molar-refractivity contribution in [3.05, 3.63) is 34.9 Å². The summed E-state index contributed by atoms with van der Waals surface area (Å²) >= 11 is 0. The summed E-state index contributed by atoms with van der Waals surface area (Å²) in [5.41, 5.74) is 7.44. The zero-order valence-corrected chi connectivity index (χ0v) is 18.4. The van der Waals surface area contributed by atoms with E-state index >= 15 is 0 Å². The average Bonchev–Trinajstić information content (AvgIpc) is 3.10. The summed E-state index contributed by atoms with van der Waals surface area (Å²) in [5, 5.41) is 9.54. The Hall–Kier alpha value is -2.43. The van der Waals surface area contributed by atoms with E-state index in [9.17, 15) is 10.1 Å². The average molecular weight is 423 g/mol. The number of nitrogens with two attached hydrogens (primary N) is 1. The molecule has 5 rings (SSSR count). The van der Waals surface area contributed by atoms with Gasteiger partial charge in [-0.2, -0.15) is 5.26 Å². The molecule has 164 valence electrons. The van der Waals surface area contributed by atoms with Crippen molar-refractivity contribution in [1.29, 1.82) is 5.26 Å². The van der Waals surface area contributed by atoms with Gasteiger partial charge in [-0.25, -0.2) is 4.99 Å². The highest BCUT2D eigenvalue weighted by Crippen LogP contribution is 2.63. The second kappa shape index (κ2) is 7.04. The summed E-state index contributed by atoms with van der Waals surface area (Å²) in [5.74, 6) is 0.765. The first-order chi connectivity index (χ1) is 14.8. The minimum atomic E-state index is -1.08. The third kappa shape index (κ3) is 2.71. The Bertz CT molecular complexity index is 983. The monoisotopic (exact) mass is 422 g/mol. The SMILES string of the molecule is COC1C(C)CC2(Cc3ccc(C#N)cc3[C@]23N=C(N)N(C[C@@H]2CCO2)C3=O)CC1C. The smallest absolute Gasteiger partial charge is 0.262 e. The van der Waals surface area contributed by atoms with Crippen LogP contribution in [0.3, 0.4) is 0 Å². The number of aliphatic imine (C=N–C) groups is 1. The zero-order valence-electron chi connectivity index (χ0n) is 18.4. The highest BCUT2D eigenvalue weighted by atomic mass is 16.5. The first kappa shape index (κ1) is 20.5. The number of nitriles is 1. The Balaban J connectivity index is 1.65. The second-order valence-corrected chi connectivity index (χ2v) is 9.88. The molecule has 2 unspecified atom stereocenters. The summed E-state index contributed by atoms with van der Waals surface area (Å²) < 4.78 is 11.4. The van der Waals surface area contributed by atoms with E-state index in [0.717, 1.165) is 43.4 Å². The lowest BCUT2D eigenvalue weighted by atomic mass is 9.56. The first-order valence-corrected chi connectivity index (χ1v) is 11.2. The van der Waals surface area contributed by atoms with E-state index in [1.54, 1.807) is 12.0 Å². The Morgan fingerprint density at radius 2 is 2.06 bits per heavy atom. The van der Waals surface area contributed by atoms with Crippen LogP contribution in [0.5, 0.6) is 0 Å². The van der Waals surface area contributed by atoms with Crippen molar-refractivity contribution in [2.75, 3.05) is 20.3 Å². The number of ether oxygens (including phenoxy) is 2. The Morgan fingerprint density at radius 1 is 1.35 bits per heavy atom. The molecule has 1 saturated carbocycles. The standard InChI is InChI=1S/C24H30N4O3/c1-14-9-23(10-15(2)20(14)30-3)11-17-5-4-16(12-25)8-19(17)24(23)21(29)28(22(26)27-24)13-18-6-7-31-18/h4-5,8,14-15,18,20H,6-7,9-11,13H2,1-3H3,(H2,26,27)/t14?,15?,18-,20?,23?,24+/m0/s1. The molecule has 7 heteroatoms. The number of nitrogens with zero attached hydrogens (tertiary/aromatic N) is 3. The highest BCUT2D eigenvalue weighted by Gasteiger charge is 2.68. The molecule has 1 amide bonds. The van der Waals surface area contributed by atoms with E-state index in [-0.39, 0.29) is 41.3 Å². The van der Waals surface area contributed by atoms with E-state index in [0.29, 0.717) is 12.1 Å². The van der Waals surface area contributed by atoms with Gasteiger partial charge in [0.05, 0.1) is 30.4 Å². The van der Waals surface area contributed by atoms with Gasteiger partial charge in [-0.05, 0) is 60.8 Å². The molecule has 1 aromatic carbocycles. The number of guanidine groups is 1. The summed E-state index contributed by atoms with van der Waals surface area (Å²) in [6.45, 7) is 5.57. The molecule has 2 spiro atoms. The van der Waals surface area contributed by atoms with E-state index < -0.39 is 5.54 Å². The molecule has 4 atom stereocenters. The molecule has 2 heterocycles. The van der Waals surface area contributed by atoms with Crippen molar-refractivity contribution >= 4 is 11.9 Å². The van der Waals surface area contributed by atoms with Crippen LogP contribution < -0.4 is 5.73 Å². The van der Waals surface area contributed by atoms with Gasteiger partial charge in [-0.1, -0.05) is 19.9 Å². The predicted octanol–water partition coefficient (Wildman–Crippen LogP) is 2.32. The number of hydrogen-bond donors (Lipinski definition) is 1. The predicted molar refractivity (Wildman–Crippen MR) is 115 cm³/mol. The largest absolute Gasteiger partial charge is 0.381 e. The van der Waals surface area contributed by atoms with Gasteiger partial charge in [0.2, 0.25) is 0 Å². The quantitative estimate of drug-likeness (QED) is 0.806. The van der Waals surface area contributed by atoms with Crippen LogP contribution in [0.4, 0.5) is 0 Å². The molecule has 31 heavy (non-hydrogen) atoms. The van der Waals surface area contributed by atoms with Crippen molar-refractivity contribution in [3.8, 4) is 6.07 Å². The number of hydrogen-bond acceptors (Lipinski definition) is 6. The summed E-state index contributed by atoms with van der Waals surface area (Å²) in [7, 11) is 1.77. The number of methoxy groups -OCH3 is 1. The van der Waals surface area contributed by atoms with E-state index in [1.165, 1.54) is 0 Å². The van der Waals surface area contributed by atoms with E-state index in [1.807, 2.05) is 18.2 Å². The third-order valence-electron chi connectivity index (χ3n) is 8.04. The number of carbonyl (C=O) groups excluding carboxylic acids is 1. The first-order valence-electron chi connectivity index (χ1n) is 11.2. The highest BCUT2D eigenvalue weighted by molar-refractivity contribution is 6.08. The summed E-state index contributed by atoms with van der Waals surface area (Å²) in [4.78, 5) is 20.8. The molecule has 7 nitrogen and oxygen atoms in total. The van der Waals surface area contributed by atoms with Crippen LogP contribution in [-0.4, -0.2) is 49.2 Å². The van der Waals surface area contributed by atoms with Gasteiger partial charge in [0.15, 0.2) is 11.5 Å². The molecule has 1 aromatic rings. The van der Waals surface area contributed by atoms with E-state index in [4.69, 9.17) is 20.2 Å². The molecule has 0 bridgehead atoms. The van der Waals surface area contributed by atoms with Gasteiger partial charge in [0, 0.05) is 19.1 Å². The Morgan fingerprint density at radius 3 is 2.65 bits per heavy atom. The summed E-state index contributed by atoms with van der Waals surface area (Å²) in [6, 6.07) is 7.93. The van der Waals surface area contributed by atoms with Crippen molar-refractivity contribution in [2.24, 2.45) is 28.0 Å². The fraction of sp³-hybridized carbons (Fsp3) is 0.625. The number of rotatable bonds is 3. The van der Waals surface area contributed by atoms with Crippen LogP contribution in [-0.2, 0) is 26.2 Å². The lowest BCUT2D eigenvalue weighted by Gasteiger charge is -2.50. The molecule has 0 radical (unpaired) electrons. The third-order valence-corrected chi connectivity index (χ3v) is 8.04. The second-order valence-electron chi connectivity index (χ2n) is 9.88. The van der Waals surface area contributed by atoms with Crippen LogP contribution >= 0.6 is 0 Å². The van der Waals surface area contributed by atoms with Crippen LogP contribution in [0.15, 0.2) is 23.2 Å². The maximum Gasteiger partial charge on any atom is 0.262 e. The molecule has 1 saturated heterocycles. The Labute approximate surface area is 183 Å². The normalized spacial score (nSPS) is 38.8. The van der Waals surface area contributed by atoms with Gasteiger partial charge in [-0.15, -0.1) is 0 Å². The van der Waals surface area contributed by atoms with Crippen molar-refractivity contribution in [3.63, 3.8) is 0 Å². The van der Waals surface area contributed by atoms with Crippen LogP contribution in [0, 0.1) is 28.6 Å². The van der Waals surface area contributed by atoms with Gasteiger partial charge >= 0.3 is 0 Å². The zero-order chi connectivity index (χ0) is 22.0. The van der Waals surface area contributed by atoms with Gasteiger partial charge < -0.3 is 15.2 Å². The van der Waals surface area contributed by atoms with E-state index in [2.05, 4.69) is 19.9 Å². The molecule has 2 aliphatic heterocycles. The van der Waals surface area contributed by atoms with Gasteiger partial charge in [0.1, 0.15) is 0 Å². The Kier molecular flexibility index (Phi) is 4.65. The topological polar surface area (TPSA) is 101 Å². The van der Waals surface area contributed by atoms with Crippen molar-refractivity contribution in [1.82, 2.24) is 4.90 Å². The molecule has 4 aliphatic rings. The maximum atomic E-state index is 14.2. The number of benzene rings is 1. The van der Waals surface area contributed by atoms with Gasteiger partial charge in [0.25, 0.3) is 5.91 Å². The molecule has 2 fully saturated rings. The van der Waals surface area contributed by atoms with Gasteiger partial charge in [-0.3, -0.25) is 9.69 Å². The lowest BCUT2D eigenvalue weighted by Crippen LogP contribution is -2.56. The molecule has 2 N–H and O–H groups in total. The molecular formula is C24H30N4O3. The fourth-order valence-corrected chi connectivity index (χ4v) is 6.84. The van der Waals surface area contributed by atoms with Crippen LogP contribution in [0.1, 0.15) is 49.8 Å². The van der Waals surface area contributed by atoms with Crippen molar-refractivity contribution < 1.29 is 14.3 Å². The number of fused-ring (bicyclic) bond motifs is 3. The molecule has 2 aliphatic carbocycles. The molecular weight excluding hydrogens is 392 g/mol. The minimum Gasteiger partial charge on any atom is -0.381 e. The van der Waals surface area contributed by atoms with Crippen LogP contribution in [0.2, 0.25) is 0 Å². The maximum absolute atomic E-state index is 14.2. The number of amides is 1. The van der Waals surface area contributed by atoms with Crippen molar-refractivity contribution in [2.45, 2.75) is 57.3 Å². The summed E-state index contributed by atoms with van der Waals surface area (Å²) in [6.07, 6.45) is 3.49. The van der Waals surface area contributed by atoms with Crippen LogP contribution in [0.25, 0.3) is 0 Å².